The van der Waals surface area contributed by atoms with Gasteiger partial charge < -0.3 is 14.7 Å². The molecule has 1 N–H and O–H groups in total. The molecule has 1 aliphatic heterocycles. The Kier molecular flexibility index (Phi) is 6.40. The van der Waals surface area contributed by atoms with Gasteiger partial charge in [0.15, 0.2) is 15.6 Å². The third-order valence-corrected chi connectivity index (χ3v) is 6.33. The fourth-order valence-corrected chi connectivity index (χ4v) is 4.11. The molecule has 8 nitrogen and oxygen atoms in total. The lowest BCUT2D eigenvalue weighted by Crippen LogP contribution is -2.36. The third kappa shape index (κ3) is 5.15. The summed E-state index contributed by atoms with van der Waals surface area (Å²) in [6.45, 7) is 2.53. The molecule has 2 aromatic rings. The molecule has 0 radical (unpaired) electrons. The summed E-state index contributed by atoms with van der Waals surface area (Å²) in [5, 5.41) is 9.04. The Morgan fingerprint density at radius 3 is 2.43 bits per heavy atom. The number of carbonyl (C=O) groups is 2. The van der Waals surface area contributed by atoms with Gasteiger partial charge in [0.1, 0.15) is 12.4 Å². The van der Waals surface area contributed by atoms with Crippen molar-refractivity contribution >= 4 is 21.7 Å². The van der Waals surface area contributed by atoms with Crippen molar-refractivity contribution in [3.8, 4) is 5.75 Å². The van der Waals surface area contributed by atoms with Crippen LogP contribution in [0.4, 0.5) is 4.79 Å². The summed E-state index contributed by atoms with van der Waals surface area (Å²) >= 11 is 0. The van der Waals surface area contributed by atoms with Crippen LogP contribution < -0.4 is 4.74 Å². The van der Waals surface area contributed by atoms with Crippen LogP contribution >= 0.6 is 0 Å². The third-order valence-electron chi connectivity index (χ3n) is 5.22. The molecule has 0 spiro atoms. The molecule has 160 valence electrons. The predicted molar refractivity (Wildman–Crippen MR) is 110 cm³/mol. The Labute approximate surface area is 175 Å². The second-order valence-electron chi connectivity index (χ2n) is 7.40. The van der Waals surface area contributed by atoms with E-state index in [2.05, 4.69) is 4.98 Å². The van der Waals surface area contributed by atoms with Crippen molar-refractivity contribution in [2.75, 3.05) is 19.3 Å². The Hall–Kier alpha value is -2.94. The maximum absolute atomic E-state index is 11.9. The number of piperidine rings is 1. The molecule has 1 aromatic carbocycles. The number of pyridine rings is 1. The van der Waals surface area contributed by atoms with Crippen molar-refractivity contribution < 1.29 is 27.9 Å². The number of nitrogens with zero attached hydrogens (tertiary/aromatic N) is 2. The van der Waals surface area contributed by atoms with Gasteiger partial charge >= 0.3 is 6.09 Å². The monoisotopic (exact) mass is 432 g/mol. The Morgan fingerprint density at radius 2 is 1.90 bits per heavy atom. The first-order valence-electron chi connectivity index (χ1n) is 9.55. The zero-order valence-corrected chi connectivity index (χ0v) is 17.7. The summed E-state index contributed by atoms with van der Waals surface area (Å²) < 4.78 is 29.2. The van der Waals surface area contributed by atoms with Gasteiger partial charge in [-0.3, -0.25) is 9.78 Å². The Balaban J connectivity index is 1.66. The van der Waals surface area contributed by atoms with Gasteiger partial charge in [0.05, 0.1) is 16.2 Å². The Morgan fingerprint density at radius 1 is 1.20 bits per heavy atom. The van der Waals surface area contributed by atoms with Gasteiger partial charge in [-0.1, -0.05) is 6.07 Å². The number of Topliss-reactive ketones (excluding diaryl/α,β-unsaturated/α-hetero) is 1. The zero-order valence-electron chi connectivity index (χ0n) is 16.9. The van der Waals surface area contributed by atoms with E-state index in [0.717, 1.165) is 24.7 Å². The lowest BCUT2D eigenvalue weighted by molar-refractivity contribution is 0.101. The molecule has 0 aliphatic carbocycles. The van der Waals surface area contributed by atoms with Crippen LogP contribution in [-0.4, -0.2) is 54.6 Å². The summed E-state index contributed by atoms with van der Waals surface area (Å²) in [6, 6.07) is 8.03. The summed E-state index contributed by atoms with van der Waals surface area (Å²) in [5.41, 5.74) is 1.94. The van der Waals surface area contributed by atoms with E-state index in [1.54, 1.807) is 6.20 Å². The molecule has 30 heavy (non-hydrogen) atoms. The van der Waals surface area contributed by atoms with Crippen LogP contribution in [0.1, 0.15) is 47.3 Å². The van der Waals surface area contributed by atoms with Gasteiger partial charge in [-0.2, -0.15) is 0 Å². The van der Waals surface area contributed by atoms with Gasteiger partial charge in [0.25, 0.3) is 0 Å². The van der Waals surface area contributed by atoms with Crippen molar-refractivity contribution in [3.05, 3.63) is 53.3 Å². The number of benzene rings is 1. The molecule has 1 aromatic heterocycles. The predicted octanol–water partition coefficient (Wildman–Crippen LogP) is 3.12. The molecule has 0 unspecified atom stereocenters. The van der Waals surface area contributed by atoms with Gasteiger partial charge in [0, 0.05) is 25.5 Å². The van der Waals surface area contributed by atoms with E-state index in [1.807, 2.05) is 12.1 Å². The van der Waals surface area contributed by atoms with E-state index in [9.17, 15) is 18.0 Å². The second kappa shape index (κ2) is 8.83. The van der Waals surface area contributed by atoms with Crippen LogP contribution in [-0.2, 0) is 16.4 Å². The van der Waals surface area contributed by atoms with Crippen molar-refractivity contribution in [3.63, 3.8) is 0 Å². The van der Waals surface area contributed by atoms with Gasteiger partial charge in [-0.15, -0.1) is 0 Å². The minimum atomic E-state index is -3.42. The summed E-state index contributed by atoms with van der Waals surface area (Å²) in [5.74, 6) is 0.296. The molecule has 1 saturated heterocycles. The first-order chi connectivity index (χ1) is 14.1. The first kappa shape index (κ1) is 21.8. The molecule has 1 amide bonds. The largest absolute Gasteiger partial charge is 0.487 e. The Bertz CT molecular complexity index is 1040. The highest BCUT2D eigenvalue weighted by atomic mass is 32.2. The highest BCUT2D eigenvalue weighted by Gasteiger charge is 2.23. The number of carbonyl (C=O) groups excluding carboxylic acids is 1. The molecule has 0 bridgehead atoms. The second-order valence-corrected chi connectivity index (χ2v) is 9.42. The van der Waals surface area contributed by atoms with E-state index in [1.165, 1.54) is 30.0 Å². The van der Waals surface area contributed by atoms with Crippen molar-refractivity contribution in [2.45, 2.75) is 37.2 Å². The summed E-state index contributed by atoms with van der Waals surface area (Å²) in [7, 11) is -3.42. The molecular formula is C21H24N2O6S. The van der Waals surface area contributed by atoms with Crippen LogP contribution in [0.3, 0.4) is 0 Å². The van der Waals surface area contributed by atoms with Gasteiger partial charge in [0.2, 0.25) is 0 Å². The number of hydrogen-bond acceptors (Lipinski definition) is 6. The number of aromatic nitrogens is 1. The lowest BCUT2D eigenvalue weighted by Gasteiger charge is -2.30. The van der Waals surface area contributed by atoms with Crippen molar-refractivity contribution in [1.29, 1.82) is 0 Å². The van der Waals surface area contributed by atoms with Crippen LogP contribution in [0.5, 0.6) is 5.75 Å². The molecular weight excluding hydrogens is 408 g/mol. The fraction of sp³-hybridized carbons (Fsp3) is 0.381. The molecule has 1 fully saturated rings. The molecule has 1 aliphatic rings. The number of sulfone groups is 1. The van der Waals surface area contributed by atoms with Crippen LogP contribution in [0.2, 0.25) is 0 Å². The zero-order chi connectivity index (χ0) is 21.9. The number of ketones is 1. The molecule has 9 heteroatoms. The minimum absolute atomic E-state index is 0.0662. The van der Waals surface area contributed by atoms with Crippen LogP contribution in [0.15, 0.2) is 41.4 Å². The highest BCUT2D eigenvalue weighted by molar-refractivity contribution is 7.90. The van der Waals surface area contributed by atoms with Crippen LogP contribution in [0, 0.1) is 0 Å². The SMILES string of the molecule is CC(=O)c1cc(S(C)(=O)=O)ccc1OCc1ccc(C2CCN(C(=O)O)CC2)cn1. The average Bonchev–Trinajstić information content (AvgIpc) is 2.72. The summed E-state index contributed by atoms with van der Waals surface area (Å²) in [4.78, 5) is 28.8. The van der Waals surface area contributed by atoms with E-state index in [-0.39, 0.29) is 28.8 Å². The molecule has 0 saturated carbocycles. The fourth-order valence-electron chi connectivity index (χ4n) is 3.46. The smallest absolute Gasteiger partial charge is 0.407 e. The van der Waals surface area contributed by atoms with E-state index in [4.69, 9.17) is 9.84 Å². The number of likely N-dealkylation sites (tertiary alicyclic amines) is 1. The number of hydrogen-bond donors (Lipinski definition) is 1. The van der Waals surface area contributed by atoms with Gasteiger partial charge in [-0.25, -0.2) is 13.2 Å². The number of carboxylic acid groups (broad SMARTS) is 1. The molecule has 2 heterocycles. The average molecular weight is 432 g/mol. The van der Waals surface area contributed by atoms with Crippen molar-refractivity contribution in [2.24, 2.45) is 0 Å². The van der Waals surface area contributed by atoms with E-state index < -0.39 is 15.9 Å². The molecule has 0 atom stereocenters. The maximum Gasteiger partial charge on any atom is 0.407 e. The maximum atomic E-state index is 11.9. The van der Waals surface area contributed by atoms with E-state index >= 15 is 0 Å². The number of ether oxygens (including phenoxy) is 1. The molecule has 3 rings (SSSR count). The number of rotatable bonds is 6. The van der Waals surface area contributed by atoms with E-state index in [0.29, 0.717) is 24.5 Å². The summed E-state index contributed by atoms with van der Waals surface area (Å²) in [6.07, 6.45) is 3.51. The topological polar surface area (TPSA) is 114 Å². The standard InChI is InChI=1S/C21H24N2O6S/c1-14(24)19-11-18(30(2,27)28)5-6-20(19)29-13-17-4-3-16(12-22-17)15-7-9-23(10-8-15)21(25)26/h3-6,11-12,15H,7-10,13H2,1-2H3,(H,25,26). The number of amides is 1. The quantitative estimate of drug-likeness (QED) is 0.698. The normalized spacial score (nSPS) is 15.1. The van der Waals surface area contributed by atoms with Crippen molar-refractivity contribution in [1.82, 2.24) is 9.88 Å². The van der Waals surface area contributed by atoms with Gasteiger partial charge in [-0.05, 0) is 55.5 Å². The first-order valence-corrected chi connectivity index (χ1v) is 11.4. The minimum Gasteiger partial charge on any atom is -0.487 e. The lowest BCUT2D eigenvalue weighted by atomic mass is 9.90. The van der Waals surface area contributed by atoms with Crippen LogP contribution in [0.25, 0.3) is 0 Å². The highest BCUT2D eigenvalue weighted by Crippen LogP contribution is 2.28.